The maximum atomic E-state index is 13.2. The van der Waals surface area contributed by atoms with E-state index in [2.05, 4.69) is 15.6 Å². The number of benzene rings is 3. The highest BCUT2D eigenvalue weighted by atomic mass is 32.1. The first-order valence-corrected chi connectivity index (χ1v) is 11.0. The van der Waals surface area contributed by atoms with Crippen LogP contribution in [0.3, 0.4) is 0 Å². The number of carbonyl (C=O) groups excluding carboxylic acids is 3. The van der Waals surface area contributed by atoms with Crippen LogP contribution in [-0.2, 0) is 21.7 Å². The Hall–Kier alpha value is -3.78. The normalized spacial score (nSPS) is 18.3. The molecular formula is C24H20N4O3S. The molecule has 32 heavy (non-hydrogen) atoms. The molecule has 1 fully saturated rings. The Kier molecular flexibility index (Phi) is 4.86. The summed E-state index contributed by atoms with van der Waals surface area (Å²) in [6.07, 6.45) is 0. The average molecular weight is 445 g/mol. The molecule has 4 aromatic rings. The van der Waals surface area contributed by atoms with E-state index < -0.39 is 23.4 Å². The van der Waals surface area contributed by atoms with Gasteiger partial charge in [-0.25, -0.2) is 9.78 Å². The van der Waals surface area contributed by atoms with Crippen LogP contribution in [0.25, 0.3) is 21.0 Å². The molecule has 1 saturated heterocycles. The Morgan fingerprint density at radius 2 is 1.81 bits per heavy atom. The molecule has 1 aromatic heterocycles. The van der Waals surface area contributed by atoms with Crippen LogP contribution in [0.15, 0.2) is 66.7 Å². The molecule has 4 amide bonds. The monoisotopic (exact) mass is 444 g/mol. The quantitative estimate of drug-likeness (QED) is 0.461. The van der Waals surface area contributed by atoms with E-state index in [-0.39, 0.29) is 13.1 Å². The van der Waals surface area contributed by atoms with Crippen LogP contribution in [0.1, 0.15) is 17.5 Å². The highest BCUT2D eigenvalue weighted by molar-refractivity contribution is 7.18. The van der Waals surface area contributed by atoms with E-state index in [9.17, 15) is 14.4 Å². The summed E-state index contributed by atoms with van der Waals surface area (Å²) in [6.45, 7) is 1.55. The van der Waals surface area contributed by atoms with E-state index in [1.54, 1.807) is 6.92 Å². The predicted molar refractivity (Wildman–Crippen MR) is 123 cm³/mol. The molecule has 1 unspecified atom stereocenters. The van der Waals surface area contributed by atoms with Crippen LogP contribution >= 0.6 is 11.3 Å². The van der Waals surface area contributed by atoms with Gasteiger partial charge in [-0.15, -0.1) is 11.3 Å². The van der Waals surface area contributed by atoms with Crippen LogP contribution in [0, 0.1) is 0 Å². The van der Waals surface area contributed by atoms with Crippen molar-refractivity contribution in [2.24, 2.45) is 0 Å². The third-order valence-corrected chi connectivity index (χ3v) is 6.71. The number of rotatable bonds is 5. The SMILES string of the molecule is CC1(c2ccc3ccccc3c2)NC(=O)N(CC(=O)NCc2nc3ccccc3s2)C1=O. The smallest absolute Gasteiger partial charge is 0.325 e. The lowest BCUT2D eigenvalue weighted by molar-refractivity contribution is -0.134. The second kappa shape index (κ2) is 7.72. The van der Waals surface area contributed by atoms with Crippen molar-refractivity contribution in [3.8, 4) is 0 Å². The van der Waals surface area contributed by atoms with Gasteiger partial charge in [0.1, 0.15) is 17.1 Å². The Morgan fingerprint density at radius 1 is 1.06 bits per heavy atom. The molecule has 0 spiro atoms. The van der Waals surface area contributed by atoms with Crippen LogP contribution in [0.5, 0.6) is 0 Å². The highest BCUT2D eigenvalue weighted by Crippen LogP contribution is 2.31. The number of fused-ring (bicyclic) bond motifs is 2. The molecule has 1 aliphatic rings. The van der Waals surface area contributed by atoms with E-state index in [1.807, 2.05) is 66.7 Å². The number of thiazole rings is 1. The van der Waals surface area contributed by atoms with Gasteiger partial charge in [-0.2, -0.15) is 0 Å². The predicted octanol–water partition coefficient (Wildman–Crippen LogP) is 3.53. The van der Waals surface area contributed by atoms with Gasteiger partial charge in [-0.05, 0) is 41.5 Å². The van der Waals surface area contributed by atoms with E-state index in [4.69, 9.17) is 0 Å². The third kappa shape index (κ3) is 3.48. The van der Waals surface area contributed by atoms with Crippen molar-refractivity contribution >= 4 is 50.2 Å². The van der Waals surface area contributed by atoms with Crippen molar-refractivity contribution < 1.29 is 14.4 Å². The molecule has 1 aliphatic heterocycles. The van der Waals surface area contributed by atoms with E-state index in [1.165, 1.54) is 11.3 Å². The van der Waals surface area contributed by atoms with Gasteiger partial charge < -0.3 is 10.6 Å². The fraction of sp³-hybridized carbons (Fsp3) is 0.167. The minimum absolute atomic E-state index is 0.240. The van der Waals surface area contributed by atoms with Gasteiger partial charge in [-0.1, -0.05) is 48.5 Å². The van der Waals surface area contributed by atoms with Crippen molar-refractivity contribution in [3.63, 3.8) is 0 Å². The van der Waals surface area contributed by atoms with Gasteiger partial charge in [0, 0.05) is 0 Å². The number of hydrogen-bond donors (Lipinski definition) is 2. The van der Waals surface area contributed by atoms with E-state index >= 15 is 0 Å². The second-order valence-electron chi connectivity index (χ2n) is 7.86. The second-order valence-corrected chi connectivity index (χ2v) is 8.98. The Labute approximate surface area is 188 Å². The van der Waals surface area contributed by atoms with E-state index in [0.29, 0.717) is 5.56 Å². The fourth-order valence-corrected chi connectivity index (χ4v) is 4.81. The molecule has 2 N–H and O–H groups in total. The molecule has 0 bridgehead atoms. The summed E-state index contributed by atoms with van der Waals surface area (Å²) in [6, 6.07) is 20.6. The number of urea groups is 1. The topological polar surface area (TPSA) is 91.4 Å². The molecule has 2 heterocycles. The largest absolute Gasteiger partial charge is 0.348 e. The van der Waals surface area contributed by atoms with Crippen molar-refractivity contribution in [1.82, 2.24) is 20.5 Å². The van der Waals surface area contributed by atoms with Crippen LogP contribution in [0.2, 0.25) is 0 Å². The summed E-state index contributed by atoms with van der Waals surface area (Å²) in [5.41, 5.74) is 0.322. The molecule has 1 atom stereocenters. The maximum Gasteiger partial charge on any atom is 0.325 e. The van der Waals surface area contributed by atoms with Gasteiger partial charge in [0.05, 0.1) is 16.8 Å². The molecule has 0 aliphatic carbocycles. The van der Waals surface area contributed by atoms with Crippen molar-refractivity contribution in [3.05, 3.63) is 77.3 Å². The first-order chi connectivity index (χ1) is 15.4. The molecule has 3 aromatic carbocycles. The van der Waals surface area contributed by atoms with Crippen molar-refractivity contribution in [2.45, 2.75) is 19.0 Å². The summed E-state index contributed by atoms with van der Waals surface area (Å²) in [4.78, 5) is 43.7. The zero-order valence-corrected chi connectivity index (χ0v) is 18.1. The lowest BCUT2D eigenvalue weighted by Gasteiger charge is -2.22. The lowest BCUT2D eigenvalue weighted by Crippen LogP contribution is -2.43. The van der Waals surface area contributed by atoms with Crippen LogP contribution in [0.4, 0.5) is 4.79 Å². The third-order valence-electron chi connectivity index (χ3n) is 5.68. The van der Waals surface area contributed by atoms with Crippen LogP contribution in [-0.4, -0.2) is 34.3 Å². The van der Waals surface area contributed by atoms with Gasteiger partial charge in [-0.3, -0.25) is 14.5 Å². The lowest BCUT2D eigenvalue weighted by atomic mass is 9.90. The molecule has 0 radical (unpaired) electrons. The number of nitrogens with zero attached hydrogens (tertiary/aromatic N) is 2. The molecule has 160 valence electrons. The number of para-hydroxylation sites is 1. The van der Waals surface area contributed by atoms with E-state index in [0.717, 1.165) is 30.9 Å². The van der Waals surface area contributed by atoms with Crippen molar-refractivity contribution in [2.75, 3.05) is 6.54 Å². The van der Waals surface area contributed by atoms with Gasteiger partial charge in [0.2, 0.25) is 5.91 Å². The van der Waals surface area contributed by atoms with Gasteiger partial charge in [0.15, 0.2) is 0 Å². The number of aromatic nitrogens is 1. The van der Waals surface area contributed by atoms with Gasteiger partial charge >= 0.3 is 6.03 Å². The molecule has 5 rings (SSSR count). The molecule has 7 nitrogen and oxygen atoms in total. The maximum absolute atomic E-state index is 13.2. The summed E-state index contributed by atoms with van der Waals surface area (Å²) in [5, 5.41) is 8.29. The number of carbonyl (C=O) groups is 3. The summed E-state index contributed by atoms with van der Waals surface area (Å²) in [5.74, 6) is -0.872. The zero-order chi connectivity index (χ0) is 22.3. The number of imide groups is 1. The highest BCUT2D eigenvalue weighted by Gasteiger charge is 2.49. The fourth-order valence-electron chi connectivity index (χ4n) is 3.91. The van der Waals surface area contributed by atoms with Gasteiger partial charge in [0.25, 0.3) is 5.91 Å². The number of hydrogen-bond acceptors (Lipinski definition) is 5. The summed E-state index contributed by atoms with van der Waals surface area (Å²) in [7, 11) is 0. The molecular weight excluding hydrogens is 424 g/mol. The minimum atomic E-state index is -1.23. The summed E-state index contributed by atoms with van der Waals surface area (Å²) < 4.78 is 1.04. The molecule has 8 heteroatoms. The number of amides is 4. The Morgan fingerprint density at radius 3 is 2.62 bits per heavy atom. The Balaban J connectivity index is 1.29. The van der Waals surface area contributed by atoms with Crippen molar-refractivity contribution in [1.29, 1.82) is 0 Å². The standard InChI is InChI=1S/C24H20N4O3S/c1-24(17-11-10-15-6-2-3-7-16(15)12-17)22(30)28(23(31)27-24)14-20(29)25-13-21-26-18-8-4-5-9-19(18)32-21/h2-12H,13-14H2,1H3,(H,25,29)(H,27,31). The first-order valence-electron chi connectivity index (χ1n) is 10.2. The average Bonchev–Trinajstić information content (AvgIpc) is 3.31. The number of nitrogens with one attached hydrogen (secondary N) is 2. The summed E-state index contributed by atoms with van der Waals surface area (Å²) >= 11 is 1.50. The van der Waals surface area contributed by atoms with Crippen LogP contribution < -0.4 is 10.6 Å². The Bertz CT molecular complexity index is 1350. The first kappa shape index (κ1) is 20.1. The minimum Gasteiger partial charge on any atom is -0.348 e. The molecule has 0 saturated carbocycles. The zero-order valence-electron chi connectivity index (χ0n) is 17.3.